The summed E-state index contributed by atoms with van der Waals surface area (Å²) < 4.78 is 0. The molecule has 0 aliphatic heterocycles. The molecule has 0 fully saturated rings. The van der Waals surface area contributed by atoms with E-state index in [0.717, 1.165) is 11.1 Å². The predicted octanol–water partition coefficient (Wildman–Crippen LogP) is 1.81. The molecular formula is C14H14N4. The van der Waals surface area contributed by atoms with E-state index >= 15 is 0 Å². The summed E-state index contributed by atoms with van der Waals surface area (Å²) in [5, 5.41) is 2.87. The van der Waals surface area contributed by atoms with E-state index in [2.05, 4.69) is 27.1 Å². The van der Waals surface area contributed by atoms with E-state index in [0.29, 0.717) is 17.3 Å². The molecule has 0 bridgehead atoms. The zero-order valence-corrected chi connectivity index (χ0v) is 10.4. The van der Waals surface area contributed by atoms with Crippen LogP contribution in [0.3, 0.4) is 0 Å². The lowest BCUT2D eigenvalue weighted by atomic mass is 10.1. The third-order valence-corrected chi connectivity index (χ3v) is 2.41. The average Bonchev–Trinajstić information content (AvgIpc) is 2.40. The maximum absolute atomic E-state index is 5.86. The first kappa shape index (κ1) is 11.9. The van der Waals surface area contributed by atoms with Crippen molar-refractivity contribution >= 4 is 11.6 Å². The summed E-state index contributed by atoms with van der Waals surface area (Å²) >= 11 is 0. The summed E-state index contributed by atoms with van der Waals surface area (Å²) in [6.45, 7) is 2.01. The fourth-order valence-electron chi connectivity index (χ4n) is 1.46. The third kappa shape index (κ3) is 2.77. The van der Waals surface area contributed by atoms with Crippen LogP contribution in [0.1, 0.15) is 16.8 Å². The largest absolute Gasteiger partial charge is 0.398 e. The molecule has 0 spiro atoms. The van der Waals surface area contributed by atoms with Gasteiger partial charge in [-0.15, -0.1) is 0 Å². The Kier molecular flexibility index (Phi) is 3.44. The molecule has 0 atom stereocenters. The first-order valence-corrected chi connectivity index (χ1v) is 5.58. The Labute approximate surface area is 106 Å². The van der Waals surface area contributed by atoms with Crippen molar-refractivity contribution in [3.8, 4) is 11.8 Å². The number of aryl methyl sites for hydroxylation is 1. The quantitative estimate of drug-likeness (QED) is 0.587. The van der Waals surface area contributed by atoms with Crippen molar-refractivity contribution in [3.05, 3.63) is 47.3 Å². The van der Waals surface area contributed by atoms with E-state index in [1.54, 1.807) is 19.3 Å². The lowest BCUT2D eigenvalue weighted by molar-refractivity contribution is 1.13. The molecule has 0 aliphatic carbocycles. The number of aromatic nitrogens is 2. The van der Waals surface area contributed by atoms with Crippen LogP contribution in [0.15, 0.2) is 30.5 Å². The van der Waals surface area contributed by atoms with Crippen molar-refractivity contribution in [3.63, 3.8) is 0 Å². The highest BCUT2D eigenvalue weighted by Gasteiger charge is 1.96. The first-order chi connectivity index (χ1) is 8.69. The van der Waals surface area contributed by atoms with Crippen LogP contribution in [0.25, 0.3) is 0 Å². The number of anilines is 2. The van der Waals surface area contributed by atoms with Gasteiger partial charge in [0.1, 0.15) is 5.69 Å². The number of nitrogen functional groups attached to an aromatic ring is 1. The Morgan fingerprint density at radius 1 is 1.22 bits per heavy atom. The summed E-state index contributed by atoms with van der Waals surface area (Å²) in [5.74, 6) is 6.57. The molecule has 0 radical (unpaired) electrons. The van der Waals surface area contributed by atoms with E-state index < -0.39 is 0 Å². The van der Waals surface area contributed by atoms with E-state index in [1.165, 1.54) is 0 Å². The summed E-state index contributed by atoms with van der Waals surface area (Å²) in [6.07, 6.45) is 1.67. The number of nitrogens with zero attached hydrogens (tertiary/aromatic N) is 2. The molecule has 0 saturated heterocycles. The van der Waals surface area contributed by atoms with Crippen molar-refractivity contribution in [2.45, 2.75) is 6.92 Å². The highest BCUT2D eigenvalue weighted by atomic mass is 15.1. The molecule has 0 unspecified atom stereocenters. The van der Waals surface area contributed by atoms with Gasteiger partial charge in [0.05, 0.1) is 0 Å². The second kappa shape index (κ2) is 5.19. The first-order valence-electron chi connectivity index (χ1n) is 5.58. The van der Waals surface area contributed by atoms with E-state index in [4.69, 9.17) is 5.73 Å². The predicted molar refractivity (Wildman–Crippen MR) is 73.2 cm³/mol. The lowest BCUT2D eigenvalue weighted by Gasteiger charge is -1.99. The van der Waals surface area contributed by atoms with E-state index in [1.807, 2.05) is 25.1 Å². The minimum Gasteiger partial charge on any atom is -0.398 e. The molecule has 90 valence electrons. The normalized spacial score (nSPS) is 9.44. The number of benzene rings is 1. The molecule has 1 aromatic heterocycles. The van der Waals surface area contributed by atoms with E-state index in [-0.39, 0.29) is 0 Å². The van der Waals surface area contributed by atoms with Gasteiger partial charge in [-0.2, -0.15) is 0 Å². The average molecular weight is 238 g/mol. The minimum atomic E-state index is 0.555. The van der Waals surface area contributed by atoms with E-state index in [9.17, 15) is 0 Å². The Balaban J connectivity index is 2.33. The molecule has 18 heavy (non-hydrogen) atoms. The van der Waals surface area contributed by atoms with Crippen molar-refractivity contribution < 1.29 is 0 Å². The van der Waals surface area contributed by atoms with Crippen LogP contribution >= 0.6 is 0 Å². The van der Waals surface area contributed by atoms with Gasteiger partial charge in [0.15, 0.2) is 0 Å². The molecule has 4 nitrogen and oxygen atoms in total. The van der Waals surface area contributed by atoms with Gasteiger partial charge >= 0.3 is 0 Å². The highest BCUT2D eigenvalue weighted by molar-refractivity contribution is 5.58. The lowest BCUT2D eigenvalue weighted by Crippen LogP contribution is -1.96. The molecule has 1 heterocycles. The topological polar surface area (TPSA) is 63.8 Å². The van der Waals surface area contributed by atoms with Crippen LogP contribution in [-0.2, 0) is 0 Å². The zero-order valence-electron chi connectivity index (χ0n) is 10.4. The molecule has 0 aliphatic rings. The molecule has 4 heteroatoms. The maximum Gasteiger partial charge on any atom is 0.223 e. The number of hydrogen-bond donors (Lipinski definition) is 2. The molecule has 0 saturated carbocycles. The Morgan fingerprint density at radius 3 is 2.83 bits per heavy atom. The van der Waals surface area contributed by atoms with Crippen molar-refractivity contribution in [1.29, 1.82) is 0 Å². The Hall–Kier alpha value is -2.54. The summed E-state index contributed by atoms with van der Waals surface area (Å²) in [4.78, 5) is 8.25. The maximum atomic E-state index is 5.86. The molecule has 2 rings (SSSR count). The van der Waals surface area contributed by atoms with Crippen LogP contribution in [0, 0.1) is 18.8 Å². The molecule has 0 amide bonds. The van der Waals surface area contributed by atoms with Gasteiger partial charge in [0, 0.05) is 24.5 Å². The third-order valence-electron chi connectivity index (χ3n) is 2.41. The van der Waals surface area contributed by atoms with Gasteiger partial charge in [-0.05, 0) is 36.6 Å². The summed E-state index contributed by atoms with van der Waals surface area (Å²) in [7, 11) is 1.77. The molecule has 2 aromatic rings. The second-order valence-electron chi connectivity index (χ2n) is 3.86. The van der Waals surface area contributed by atoms with Gasteiger partial charge in [-0.1, -0.05) is 12.0 Å². The second-order valence-corrected chi connectivity index (χ2v) is 3.86. The molecular weight excluding hydrogens is 224 g/mol. The number of nitrogens with two attached hydrogens (primary N) is 1. The van der Waals surface area contributed by atoms with Gasteiger partial charge in [-0.3, -0.25) is 0 Å². The fraction of sp³-hybridized carbons (Fsp3) is 0.143. The van der Waals surface area contributed by atoms with Crippen LogP contribution < -0.4 is 11.1 Å². The Bertz CT molecular complexity index is 623. The van der Waals surface area contributed by atoms with Gasteiger partial charge < -0.3 is 11.1 Å². The molecule has 1 aromatic carbocycles. The standard InChI is InChI=1S/C14H14N4/c1-10-3-6-13(15)11(9-10)4-5-12-7-8-17-14(16-2)18-12/h3,6-9H,15H2,1-2H3,(H,16,17,18). The number of nitrogens with one attached hydrogen (secondary N) is 1. The highest BCUT2D eigenvalue weighted by Crippen LogP contribution is 2.12. The Morgan fingerprint density at radius 2 is 2.06 bits per heavy atom. The van der Waals surface area contributed by atoms with Crippen LogP contribution in [0.4, 0.5) is 11.6 Å². The fourth-order valence-corrected chi connectivity index (χ4v) is 1.46. The monoisotopic (exact) mass is 238 g/mol. The molecule has 3 N–H and O–H groups in total. The van der Waals surface area contributed by atoms with Crippen molar-refractivity contribution in [2.24, 2.45) is 0 Å². The minimum absolute atomic E-state index is 0.555. The van der Waals surface area contributed by atoms with Crippen LogP contribution in [0.2, 0.25) is 0 Å². The van der Waals surface area contributed by atoms with Gasteiger partial charge in [0.25, 0.3) is 0 Å². The summed E-state index contributed by atoms with van der Waals surface area (Å²) in [6, 6.07) is 7.55. The number of rotatable bonds is 1. The smallest absolute Gasteiger partial charge is 0.223 e. The van der Waals surface area contributed by atoms with Gasteiger partial charge in [-0.25, -0.2) is 9.97 Å². The van der Waals surface area contributed by atoms with Crippen molar-refractivity contribution in [1.82, 2.24) is 9.97 Å². The van der Waals surface area contributed by atoms with Crippen LogP contribution in [0.5, 0.6) is 0 Å². The SMILES string of the molecule is CNc1nccc(C#Cc2cc(C)ccc2N)n1. The zero-order chi connectivity index (χ0) is 13.0. The van der Waals surface area contributed by atoms with Crippen molar-refractivity contribution in [2.75, 3.05) is 18.1 Å². The van der Waals surface area contributed by atoms with Gasteiger partial charge in [0.2, 0.25) is 5.95 Å². The van der Waals surface area contributed by atoms with Crippen LogP contribution in [-0.4, -0.2) is 17.0 Å². The number of hydrogen-bond acceptors (Lipinski definition) is 4. The summed E-state index contributed by atoms with van der Waals surface area (Å²) in [5.41, 5.74) is 9.15.